The van der Waals surface area contributed by atoms with E-state index >= 15 is 0 Å². The Balaban J connectivity index is 1.91. The second kappa shape index (κ2) is 14.8. The number of carboxylic acid groups (broad SMARTS) is 1. The predicted octanol–water partition coefficient (Wildman–Crippen LogP) is -1.30. The molecule has 14 heteroatoms. The number of nitrogens with two attached hydrogens (primary N) is 1. The number of hydrogen-bond donors (Lipinski definition) is 7. The van der Waals surface area contributed by atoms with Crippen molar-refractivity contribution >= 4 is 17.8 Å². The Morgan fingerprint density at radius 2 is 1.79 bits per heavy atom. The highest BCUT2D eigenvalue weighted by molar-refractivity contribution is 5.87. The zero-order valence-corrected chi connectivity index (χ0v) is 21.7. The van der Waals surface area contributed by atoms with Crippen molar-refractivity contribution in [2.24, 2.45) is 5.73 Å². The molecule has 2 heterocycles. The van der Waals surface area contributed by atoms with E-state index in [0.29, 0.717) is 12.8 Å². The van der Waals surface area contributed by atoms with Crippen molar-refractivity contribution in [2.45, 2.75) is 108 Å². The van der Waals surface area contributed by atoms with Crippen LogP contribution in [0.15, 0.2) is 21.9 Å². The first-order valence-electron chi connectivity index (χ1n) is 12.9. The quantitative estimate of drug-likeness (QED) is 0.130. The molecule has 0 aromatic carbocycles. The molecule has 1 aliphatic rings. The smallest absolute Gasteiger partial charge is 0.330 e. The highest BCUT2D eigenvalue weighted by atomic mass is 16.6. The normalized spacial score (nSPS) is 23.4. The van der Waals surface area contributed by atoms with Crippen molar-refractivity contribution in [3.05, 3.63) is 33.1 Å². The molecule has 214 valence electrons. The number of rotatable bonds is 15. The minimum Gasteiger partial charge on any atom is -0.480 e. The third-order valence-corrected chi connectivity index (χ3v) is 6.46. The van der Waals surface area contributed by atoms with E-state index in [-0.39, 0.29) is 18.4 Å². The third-order valence-electron chi connectivity index (χ3n) is 6.46. The molecule has 2 unspecified atom stereocenters. The molecule has 38 heavy (non-hydrogen) atoms. The van der Waals surface area contributed by atoms with Crippen LogP contribution in [0.2, 0.25) is 0 Å². The van der Waals surface area contributed by atoms with Crippen LogP contribution in [0.3, 0.4) is 0 Å². The van der Waals surface area contributed by atoms with E-state index in [2.05, 4.69) is 17.6 Å². The molecule has 8 N–H and O–H groups in total. The Hall–Kier alpha value is -3.07. The Morgan fingerprint density at radius 1 is 1.11 bits per heavy atom. The first-order valence-corrected chi connectivity index (χ1v) is 12.9. The Morgan fingerprint density at radius 3 is 2.42 bits per heavy atom. The van der Waals surface area contributed by atoms with Gasteiger partial charge in [-0.25, -0.2) is 9.59 Å². The fourth-order valence-corrected chi connectivity index (χ4v) is 4.23. The van der Waals surface area contributed by atoms with Gasteiger partial charge in [-0.1, -0.05) is 32.6 Å². The molecule has 0 bridgehead atoms. The summed E-state index contributed by atoms with van der Waals surface area (Å²) >= 11 is 0. The number of aromatic amines is 1. The van der Waals surface area contributed by atoms with Crippen molar-refractivity contribution in [3.63, 3.8) is 0 Å². The van der Waals surface area contributed by atoms with Gasteiger partial charge in [-0.2, -0.15) is 0 Å². The molecule has 1 aromatic heterocycles. The van der Waals surface area contributed by atoms with E-state index in [1.807, 2.05) is 4.98 Å². The van der Waals surface area contributed by atoms with Crippen molar-refractivity contribution in [2.75, 3.05) is 0 Å². The fraction of sp³-hybridized carbons (Fsp3) is 0.708. The number of amides is 2. The van der Waals surface area contributed by atoms with Crippen LogP contribution < -0.4 is 27.6 Å². The van der Waals surface area contributed by atoms with Crippen LogP contribution in [0, 0.1) is 0 Å². The number of hydrogen-bond acceptors (Lipinski definition) is 9. The number of H-pyrrole nitrogens is 1. The van der Waals surface area contributed by atoms with Gasteiger partial charge in [0.05, 0.1) is 6.04 Å². The van der Waals surface area contributed by atoms with Gasteiger partial charge in [0.25, 0.3) is 5.56 Å². The zero-order valence-electron chi connectivity index (χ0n) is 21.7. The fourth-order valence-electron chi connectivity index (χ4n) is 4.23. The number of carbonyl (C=O) groups is 3. The Labute approximate surface area is 219 Å². The molecule has 1 saturated heterocycles. The minimum atomic E-state index is -1.80. The van der Waals surface area contributed by atoms with Gasteiger partial charge in [0.1, 0.15) is 18.3 Å². The maximum atomic E-state index is 12.6. The zero-order chi connectivity index (χ0) is 28.4. The first-order chi connectivity index (χ1) is 18.0. The van der Waals surface area contributed by atoms with Gasteiger partial charge < -0.3 is 36.4 Å². The summed E-state index contributed by atoms with van der Waals surface area (Å²) in [6.45, 7) is 3.90. The largest absolute Gasteiger partial charge is 0.480 e. The Bertz CT molecular complexity index is 1060. The number of nitrogens with one attached hydrogen (secondary N) is 3. The van der Waals surface area contributed by atoms with Crippen molar-refractivity contribution in [1.29, 1.82) is 0 Å². The van der Waals surface area contributed by atoms with Gasteiger partial charge in [-0.15, -0.1) is 0 Å². The molecule has 2 rings (SSSR count). The second-order valence-electron chi connectivity index (χ2n) is 9.63. The van der Waals surface area contributed by atoms with Crippen LogP contribution in [0.1, 0.15) is 71.4 Å². The van der Waals surface area contributed by atoms with E-state index in [9.17, 15) is 39.3 Å². The van der Waals surface area contributed by atoms with Gasteiger partial charge >= 0.3 is 11.7 Å². The molecule has 0 radical (unpaired) electrons. The average Bonchev–Trinajstić information content (AvgIpc) is 3.14. The SMILES string of the molecule is CCCCCCCC(=O)NC(C)CCC(N)C(=O)N[C@H](C(=O)O)[C@H]1O[C@@H](n2ccc(=O)[nH]c2=O)[C@H](O)[C@@H]1O. The number of aliphatic hydroxyl groups excluding tert-OH is 2. The third kappa shape index (κ3) is 8.75. The van der Waals surface area contributed by atoms with Gasteiger partial charge in [0.2, 0.25) is 11.8 Å². The molecule has 7 atom stereocenters. The summed E-state index contributed by atoms with van der Waals surface area (Å²) in [4.78, 5) is 61.9. The van der Waals surface area contributed by atoms with Crippen molar-refractivity contribution in [1.82, 2.24) is 20.2 Å². The van der Waals surface area contributed by atoms with Gasteiger partial charge in [-0.3, -0.25) is 23.9 Å². The summed E-state index contributed by atoms with van der Waals surface area (Å²) in [6.07, 6.45) is 0.457. The standard InChI is InChI=1S/C24H39N5O9/c1-3-4-5-6-7-8-15(30)26-13(2)9-10-14(25)21(34)28-17(23(35)36)20-18(32)19(33)22(38-20)29-12-11-16(31)27-24(29)37/h11-14,17-20,22,32-33H,3-10,25H2,1-2H3,(H,26,30)(H,28,34)(H,35,36)(H,27,31,37)/t13?,14?,17-,18-,19+,20+,22+/m0/s1. The maximum absolute atomic E-state index is 12.6. The summed E-state index contributed by atoms with van der Waals surface area (Å²) < 4.78 is 6.24. The van der Waals surface area contributed by atoms with Crippen LogP contribution in [0.25, 0.3) is 0 Å². The van der Waals surface area contributed by atoms with Crippen LogP contribution >= 0.6 is 0 Å². The molecule has 1 aromatic rings. The second-order valence-corrected chi connectivity index (χ2v) is 9.63. The molecular formula is C24H39N5O9. The van der Waals surface area contributed by atoms with Crippen LogP contribution in [0.4, 0.5) is 0 Å². The predicted molar refractivity (Wildman–Crippen MR) is 135 cm³/mol. The number of aliphatic carboxylic acids is 1. The highest BCUT2D eigenvalue weighted by Gasteiger charge is 2.50. The lowest BCUT2D eigenvalue weighted by molar-refractivity contribution is -0.149. The van der Waals surface area contributed by atoms with Crippen LogP contribution in [0.5, 0.6) is 0 Å². The molecular weight excluding hydrogens is 502 g/mol. The summed E-state index contributed by atoms with van der Waals surface area (Å²) in [6, 6.07) is -2.18. The van der Waals surface area contributed by atoms with Crippen LogP contribution in [-0.2, 0) is 19.1 Å². The minimum absolute atomic E-state index is 0.0833. The Kier molecular flexibility index (Phi) is 12.1. The molecule has 1 aliphatic heterocycles. The molecule has 14 nitrogen and oxygen atoms in total. The molecule has 0 spiro atoms. The van der Waals surface area contributed by atoms with Gasteiger partial charge in [0, 0.05) is 24.7 Å². The summed E-state index contributed by atoms with van der Waals surface area (Å²) in [7, 11) is 0. The van der Waals surface area contributed by atoms with Gasteiger partial charge in [0.15, 0.2) is 12.3 Å². The number of nitrogens with zero attached hydrogens (tertiary/aromatic N) is 1. The van der Waals surface area contributed by atoms with E-state index in [1.54, 1.807) is 6.92 Å². The van der Waals surface area contributed by atoms with Crippen molar-refractivity contribution in [3.8, 4) is 0 Å². The van der Waals surface area contributed by atoms with E-state index < -0.39 is 59.7 Å². The van der Waals surface area contributed by atoms with Crippen molar-refractivity contribution < 1.29 is 34.4 Å². The number of ether oxygens (including phenoxy) is 1. The molecule has 2 amide bonds. The first kappa shape index (κ1) is 31.1. The molecule has 1 fully saturated rings. The average molecular weight is 542 g/mol. The highest BCUT2D eigenvalue weighted by Crippen LogP contribution is 2.30. The molecule has 0 saturated carbocycles. The maximum Gasteiger partial charge on any atom is 0.330 e. The summed E-state index contributed by atoms with van der Waals surface area (Å²) in [5.74, 6) is -2.47. The van der Waals surface area contributed by atoms with Gasteiger partial charge in [-0.05, 0) is 26.2 Å². The van der Waals surface area contributed by atoms with E-state index in [1.165, 1.54) is 0 Å². The number of aromatic nitrogens is 2. The lowest BCUT2D eigenvalue weighted by atomic mass is 10.0. The van der Waals surface area contributed by atoms with E-state index in [4.69, 9.17) is 10.5 Å². The number of carbonyl (C=O) groups excluding carboxylic acids is 2. The summed E-state index contributed by atoms with van der Waals surface area (Å²) in [5.41, 5.74) is 4.30. The molecule has 0 aliphatic carbocycles. The number of carboxylic acids is 1. The number of aliphatic hydroxyl groups is 2. The summed E-state index contributed by atoms with van der Waals surface area (Å²) in [5, 5.41) is 35.5. The lowest BCUT2D eigenvalue weighted by Crippen LogP contribution is -2.56. The topological polar surface area (TPSA) is 226 Å². The lowest BCUT2D eigenvalue weighted by Gasteiger charge is -2.25. The van der Waals surface area contributed by atoms with Crippen LogP contribution in [-0.4, -0.2) is 79.1 Å². The monoisotopic (exact) mass is 541 g/mol. The number of unbranched alkanes of at least 4 members (excludes halogenated alkanes) is 4. The van der Waals surface area contributed by atoms with E-state index in [0.717, 1.165) is 48.9 Å².